The van der Waals surface area contributed by atoms with Gasteiger partial charge in [-0.15, -0.1) is 0 Å². The summed E-state index contributed by atoms with van der Waals surface area (Å²) >= 11 is 0. The maximum Gasteiger partial charge on any atom is 0.317 e. The second-order valence-electron chi connectivity index (χ2n) is 4.98. The molecule has 4 heteroatoms. The molecule has 2 saturated heterocycles. The fraction of sp³-hybridized carbons (Fsp3) is 0.917. The van der Waals surface area contributed by atoms with Gasteiger partial charge in [0, 0.05) is 19.1 Å². The molecule has 0 radical (unpaired) electrons. The van der Waals surface area contributed by atoms with E-state index in [1.54, 1.807) is 0 Å². The van der Waals surface area contributed by atoms with Crippen LogP contribution in [-0.2, 0) is 0 Å². The summed E-state index contributed by atoms with van der Waals surface area (Å²) in [6, 6.07) is 0.515. The highest BCUT2D eigenvalue weighted by Crippen LogP contribution is 2.17. The van der Waals surface area contributed by atoms with E-state index in [1.807, 2.05) is 4.90 Å². The minimum atomic E-state index is 0.140. The number of hydrogen-bond acceptors (Lipinski definition) is 2. The highest BCUT2D eigenvalue weighted by atomic mass is 16.2. The van der Waals surface area contributed by atoms with Crippen LogP contribution >= 0.6 is 0 Å². The Labute approximate surface area is 97.8 Å². The number of rotatable bonds is 4. The predicted octanol–water partition coefficient (Wildman–Crippen LogP) is 1.18. The number of amides is 2. The number of piperidine rings is 1. The van der Waals surface area contributed by atoms with Gasteiger partial charge in [-0.25, -0.2) is 4.79 Å². The van der Waals surface area contributed by atoms with Gasteiger partial charge in [0.1, 0.15) is 0 Å². The van der Waals surface area contributed by atoms with E-state index in [1.165, 1.54) is 19.3 Å². The average molecular weight is 225 g/mol. The maximum absolute atomic E-state index is 11.6. The van der Waals surface area contributed by atoms with E-state index in [2.05, 4.69) is 17.6 Å². The third-order valence-corrected chi connectivity index (χ3v) is 3.81. The van der Waals surface area contributed by atoms with Crippen molar-refractivity contribution in [2.24, 2.45) is 5.92 Å². The highest BCUT2D eigenvalue weighted by molar-refractivity contribution is 5.76. The molecule has 16 heavy (non-hydrogen) atoms. The lowest BCUT2D eigenvalue weighted by molar-refractivity contribution is 0.211. The molecule has 0 aromatic carbocycles. The number of carbonyl (C=O) groups is 1. The third kappa shape index (κ3) is 2.88. The topological polar surface area (TPSA) is 44.4 Å². The zero-order valence-corrected chi connectivity index (χ0v) is 10.2. The third-order valence-electron chi connectivity index (χ3n) is 3.81. The van der Waals surface area contributed by atoms with Crippen LogP contribution in [-0.4, -0.2) is 43.2 Å². The Kier molecular flexibility index (Phi) is 4.04. The van der Waals surface area contributed by atoms with Crippen molar-refractivity contribution in [3.8, 4) is 0 Å². The van der Waals surface area contributed by atoms with Crippen molar-refractivity contribution >= 4 is 6.03 Å². The molecule has 2 amide bonds. The molecule has 92 valence electrons. The van der Waals surface area contributed by atoms with E-state index in [4.69, 9.17) is 0 Å². The molecule has 0 bridgehead atoms. The van der Waals surface area contributed by atoms with Crippen LogP contribution in [0.15, 0.2) is 0 Å². The Morgan fingerprint density at radius 3 is 2.75 bits per heavy atom. The van der Waals surface area contributed by atoms with Gasteiger partial charge in [-0.1, -0.05) is 6.92 Å². The van der Waals surface area contributed by atoms with Crippen molar-refractivity contribution < 1.29 is 4.79 Å². The van der Waals surface area contributed by atoms with Crippen molar-refractivity contribution in [3.05, 3.63) is 0 Å². The van der Waals surface area contributed by atoms with Gasteiger partial charge >= 0.3 is 6.03 Å². The Morgan fingerprint density at radius 2 is 2.12 bits per heavy atom. The molecular weight excluding hydrogens is 202 g/mol. The fourth-order valence-electron chi connectivity index (χ4n) is 2.59. The first-order valence-electron chi connectivity index (χ1n) is 6.55. The lowest BCUT2D eigenvalue weighted by Crippen LogP contribution is -2.33. The van der Waals surface area contributed by atoms with Crippen LogP contribution in [0.4, 0.5) is 4.79 Å². The number of carbonyl (C=O) groups excluding carboxylic acids is 1. The molecule has 0 spiro atoms. The Hall–Kier alpha value is -0.770. The first-order chi connectivity index (χ1) is 7.79. The van der Waals surface area contributed by atoms with Crippen molar-refractivity contribution in [1.29, 1.82) is 0 Å². The van der Waals surface area contributed by atoms with E-state index in [0.29, 0.717) is 6.04 Å². The fourth-order valence-corrected chi connectivity index (χ4v) is 2.59. The molecule has 2 aliphatic rings. The van der Waals surface area contributed by atoms with Gasteiger partial charge in [0.05, 0.1) is 0 Å². The summed E-state index contributed by atoms with van der Waals surface area (Å²) < 4.78 is 0. The molecule has 2 fully saturated rings. The molecule has 0 aromatic heterocycles. The van der Waals surface area contributed by atoms with Crippen LogP contribution in [0.2, 0.25) is 0 Å². The van der Waals surface area contributed by atoms with Gasteiger partial charge < -0.3 is 15.5 Å². The first kappa shape index (κ1) is 11.7. The molecule has 4 nitrogen and oxygen atoms in total. The lowest BCUT2D eigenvalue weighted by atomic mass is 9.94. The quantitative estimate of drug-likeness (QED) is 0.754. The smallest absolute Gasteiger partial charge is 0.317 e. The zero-order valence-electron chi connectivity index (χ0n) is 10.2. The molecule has 0 aromatic rings. The minimum Gasteiger partial charge on any atom is -0.333 e. The SMILES string of the molecule is CCC1CN(CCC2CCNCC2)C(=O)N1. The van der Waals surface area contributed by atoms with Gasteiger partial charge in [0.15, 0.2) is 0 Å². The Morgan fingerprint density at radius 1 is 1.38 bits per heavy atom. The molecule has 1 unspecified atom stereocenters. The summed E-state index contributed by atoms with van der Waals surface area (Å²) in [6.45, 7) is 6.26. The van der Waals surface area contributed by atoms with Crippen molar-refractivity contribution in [2.75, 3.05) is 26.2 Å². The summed E-state index contributed by atoms with van der Waals surface area (Å²) in [4.78, 5) is 13.6. The van der Waals surface area contributed by atoms with Crippen molar-refractivity contribution in [3.63, 3.8) is 0 Å². The lowest BCUT2D eigenvalue weighted by Gasteiger charge is -2.24. The van der Waals surface area contributed by atoms with E-state index < -0.39 is 0 Å². The summed E-state index contributed by atoms with van der Waals surface area (Å²) in [5.41, 5.74) is 0. The molecule has 2 heterocycles. The van der Waals surface area contributed by atoms with Crippen molar-refractivity contribution in [2.45, 2.75) is 38.6 Å². The van der Waals surface area contributed by atoms with Gasteiger partial charge in [-0.2, -0.15) is 0 Å². The molecule has 2 rings (SSSR count). The highest BCUT2D eigenvalue weighted by Gasteiger charge is 2.27. The largest absolute Gasteiger partial charge is 0.333 e. The van der Waals surface area contributed by atoms with Gasteiger partial charge in [0.2, 0.25) is 0 Å². The zero-order chi connectivity index (χ0) is 11.4. The summed E-state index contributed by atoms with van der Waals surface area (Å²) in [5, 5.41) is 6.39. The standard InChI is InChI=1S/C12H23N3O/c1-2-11-9-15(12(16)14-11)8-5-10-3-6-13-7-4-10/h10-11,13H,2-9H2,1H3,(H,14,16). The van der Waals surface area contributed by atoms with E-state index >= 15 is 0 Å². The van der Waals surface area contributed by atoms with Crippen LogP contribution in [0.25, 0.3) is 0 Å². The van der Waals surface area contributed by atoms with Crippen LogP contribution in [0.3, 0.4) is 0 Å². The Bertz CT molecular complexity index is 238. The van der Waals surface area contributed by atoms with E-state index in [9.17, 15) is 4.79 Å². The number of nitrogens with one attached hydrogen (secondary N) is 2. The summed E-state index contributed by atoms with van der Waals surface area (Å²) in [5.74, 6) is 0.815. The second kappa shape index (κ2) is 5.53. The van der Waals surface area contributed by atoms with Crippen LogP contribution in [0, 0.1) is 5.92 Å². The van der Waals surface area contributed by atoms with Crippen LogP contribution in [0.5, 0.6) is 0 Å². The predicted molar refractivity (Wildman–Crippen MR) is 64.4 cm³/mol. The van der Waals surface area contributed by atoms with E-state index in [0.717, 1.165) is 38.5 Å². The molecule has 2 aliphatic heterocycles. The molecule has 0 aliphatic carbocycles. The molecule has 1 atom stereocenters. The van der Waals surface area contributed by atoms with Crippen LogP contribution in [0.1, 0.15) is 32.6 Å². The van der Waals surface area contributed by atoms with Crippen LogP contribution < -0.4 is 10.6 Å². The molecular formula is C12H23N3O. The van der Waals surface area contributed by atoms with Gasteiger partial charge in [0.25, 0.3) is 0 Å². The summed E-state index contributed by atoms with van der Waals surface area (Å²) in [6.07, 6.45) is 4.75. The second-order valence-corrected chi connectivity index (χ2v) is 4.98. The number of urea groups is 1. The molecule has 2 N–H and O–H groups in total. The minimum absolute atomic E-state index is 0.140. The number of hydrogen-bond donors (Lipinski definition) is 2. The number of nitrogens with zero attached hydrogens (tertiary/aromatic N) is 1. The van der Waals surface area contributed by atoms with Crippen molar-refractivity contribution in [1.82, 2.24) is 15.5 Å². The first-order valence-corrected chi connectivity index (χ1v) is 6.55. The summed E-state index contributed by atoms with van der Waals surface area (Å²) in [7, 11) is 0. The van der Waals surface area contributed by atoms with E-state index in [-0.39, 0.29) is 6.03 Å². The molecule has 0 saturated carbocycles. The maximum atomic E-state index is 11.6. The van der Waals surface area contributed by atoms with Gasteiger partial charge in [-0.3, -0.25) is 0 Å². The van der Waals surface area contributed by atoms with Gasteiger partial charge in [-0.05, 0) is 44.7 Å². The normalized spacial score (nSPS) is 27.2. The monoisotopic (exact) mass is 225 g/mol. The Balaban J connectivity index is 1.71. The average Bonchev–Trinajstić information content (AvgIpc) is 2.69.